The van der Waals surface area contributed by atoms with Crippen LogP contribution in [0.15, 0.2) is 39.2 Å². The molecule has 0 unspecified atom stereocenters. The van der Waals surface area contributed by atoms with Crippen molar-refractivity contribution < 1.29 is 0 Å². The minimum atomic E-state index is 0. The minimum Gasteiger partial charge on any atom is -0.357 e. The molecule has 2 rings (SSSR count). The number of nitrogens with zero attached hydrogens (tertiary/aromatic N) is 2. The van der Waals surface area contributed by atoms with Gasteiger partial charge < -0.3 is 10.6 Å². The largest absolute Gasteiger partial charge is 0.357 e. The molecule has 24 heavy (non-hydrogen) atoms. The first-order valence-electron chi connectivity index (χ1n) is 7.54. The maximum atomic E-state index is 5.79. The second kappa shape index (κ2) is 12.1. The van der Waals surface area contributed by atoms with E-state index in [0.29, 0.717) is 5.15 Å². The summed E-state index contributed by atoms with van der Waals surface area (Å²) in [7, 11) is 0. The summed E-state index contributed by atoms with van der Waals surface area (Å²) >= 11 is 11.0. The van der Waals surface area contributed by atoms with Gasteiger partial charge in [-0.2, -0.15) is 0 Å². The topological polar surface area (TPSA) is 49.3 Å². The number of rotatable bonds is 7. The Kier molecular flexibility index (Phi) is 10.9. The van der Waals surface area contributed by atoms with Crippen molar-refractivity contribution in [3.05, 3.63) is 49.8 Å². The highest BCUT2D eigenvalue weighted by atomic mass is 127. The van der Waals surface area contributed by atoms with Gasteiger partial charge in [0, 0.05) is 37.1 Å². The molecule has 0 amide bonds. The zero-order chi connectivity index (χ0) is 16.5. The molecular weight excluding hydrogens is 523 g/mol. The molecule has 4 nitrogen and oxygen atoms in total. The van der Waals surface area contributed by atoms with Gasteiger partial charge in [0.1, 0.15) is 5.15 Å². The molecular formula is C16H21BrClIN4S. The minimum absolute atomic E-state index is 0. The summed E-state index contributed by atoms with van der Waals surface area (Å²) in [6.07, 6.45) is 3.64. The van der Waals surface area contributed by atoms with E-state index in [-0.39, 0.29) is 24.0 Å². The Labute approximate surface area is 177 Å². The van der Waals surface area contributed by atoms with E-state index < -0.39 is 0 Å². The third kappa shape index (κ3) is 8.13. The average Bonchev–Trinajstić information content (AvgIpc) is 2.95. The van der Waals surface area contributed by atoms with E-state index in [1.165, 1.54) is 4.88 Å². The van der Waals surface area contributed by atoms with Crippen LogP contribution >= 0.6 is 62.8 Å². The highest BCUT2D eigenvalue weighted by Crippen LogP contribution is 2.22. The molecule has 0 spiro atoms. The Morgan fingerprint density at radius 2 is 2.08 bits per heavy atom. The fourth-order valence-electron chi connectivity index (χ4n) is 1.99. The molecule has 0 saturated heterocycles. The van der Waals surface area contributed by atoms with Crippen LogP contribution in [0.25, 0.3) is 0 Å². The molecule has 0 aromatic carbocycles. The number of nitrogens with one attached hydrogen (secondary N) is 2. The standard InChI is InChI=1S/C16H20BrClN4S.HI/c1-2-19-16(21-10-8-13-4-5-14(17)23-13)20-9-7-12-3-6-15(18)22-11-12;/h3-6,11H,2,7-10H2,1H3,(H2,19,20,21);1H. The van der Waals surface area contributed by atoms with Crippen LogP contribution in [0.5, 0.6) is 0 Å². The zero-order valence-corrected chi connectivity index (χ0v) is 18.9. The van der Waals surface area contributed by atoms with Gasteiger partial charge in [-0.3, -0.25) is 4.99 Å². The first-order chi connectivity index (χ1) is 11.2. The summed E-state index contributed by atoms with van der Waals surface area (Å²) in [4.78, 5) is 10.0. The van der Waals surface area contributed by atoms with Crippen LogP contribution in [0.1, 0.15) is 17.4 Å². The van der Waals surface area contributed by atoms with Crippen molar-refractivity contribution in [3.63, 3.8) is 0 Å². The molecule has 0 saturated carbocycles. The van der Waals surface area contributed by atoms with E-state index >= 15 is 0 Å². The average molecular weight is 544 g/mol. The fraction of sp³-hybridized carbons (Fsp3) is 0.375. The normalized spacial score (nSPS) is 11.0. The van der Waals surface area contributed by atoms with Crippen molar-refractivity contribution in [2.75, 3.05) is 19.6 Å². The molecule has 2 aromatic heterocycles. The Morgan fingerprint density at radius 3 is 2.71 bits per heavy atom. The number of pyridine rings is 1. The molecule has 0 fully saturated rings. The predicted molar refractivity (Wildman–Crippen MR) is 118 cm³/mol. The summed E-state index contributed by atoms with van der Waals surface area (Å²) in [5, 5.41) is 7.14. The monoisotopic (exact) mass is 542 g/mol. The molecule has 2 N–H and O–H groups in total. The van der Waals surface area contributed by atoms with Gasteiger partial charge >= 0.3 is 0 Å². The number of thiophene rings is 1. The van der Waals surface area contributed by atoms with Crippen LogP contribution in [-0.4, -0.2) is 30.6 Å². The molecule has 0 atom stereocenters. The van der Waals surface area contributed by atoms with E-state index in [1.54, 1.807) is 11.3 Å². The van der Waals surface area contributed by atoms with Gasteiger partial charge in [-0.1, -0.05) is 17.7 Å². The quantitative estimate of drug-likeness (QED) is 0.234. The van der Waals surface area contributed by atoms with E-state index in [0.717, 1.165) is 47.8 Å². The zero-order valence-electron chi connectivity index (χ0n) is 13.4. The van der Waals surface area contributed by atoms with Gasteiger partial charge in [0.15, 0.2) is 5.96 Å². The van der Waals surface area contributed by atoms with Gasteiger partial charge in [0.25, 0.3) is 0 Å². The SMILES string of the molecule is CCNC(=NCCc1ccc(Br)s1)NCCc1ccc(Cl)nc1.I. The number of aromatic nitrogens is 1. The smallest absolute Gasteiger partial charge is 0.191 e. The lowest BCUT2D eigenvalue weighted by Gasteiger charge is -2.11. The summed E-state index contributed by atoms with van der Waals surface area (Å²) in [5.41, 5.74) is 1.15. The summed E-state index contributed by atoms with van der Waals surface area (Å²) in [6.45, 7) is 4.49. The van der Waals surface area contributed by atoms with Crippen LogP contribution in [0.3, 0.4) is 0 Å². The Balaban J connectivity index is 0.00000288. The highest BCUT2D eigenvalue weighted by molar-refractivity contribution is 14.0. The second-order valence-electron chi connectivity index (χ2n) is 4.88. The Hall–Kier alpha value is -0.380. The molecule has 8 heteroatoms. The van der Waals surface area contributed by atoms with E-state index in [9.17, 15) is 0 Å². The summed E-state index contributed by atoms with van der Waals surface area (Å²) in [6, 6.07) is 8.02. The van der Waals surface area contributed by atoms with E-state index in [4.69, 9.17) is 11.6 Å². The summed E-state index contributed by atoms with van der Waals surface area (Å²) < 4.78 is 1.16. The van der Waals surface area contributed by atoms with Crippen molar-refractivity contribution in [1.82, 2.24) is 15.6 Å². The molecule has 132 valence electrons. The first kappa shape index (κ1) is 21.7. The van der Waals surface area contributed by atoms with Crippen molar-refractivity contribution in [2.24, 2.45) is 4.99 Å². The maximum Gasteiger partial charge on any atom is 0.191 e. The number of guanidine groups is 1. The Morgan fingerprint density at radius 1 is 1.25 bits per heavy atom. The van der Waals surface area contributed by atoms with Gasteiger partial charge in [-0.15, -0.1) is 35.3 Å². The molecule has 0 bridgehead atoms. The number of hydrogen-bond donors (Lipinski definition) is 2. The number of halogens is 3. The van der Waals surface area contributed by atoms with Gasteiger partial charge in [0.05, 0.1) is 3.79 Å². The molecule has 0 aliphatic carbocycles. The van der Waals surface area contributed by atoms with Crippen LogP contribution in [-0.2, 0) is 12.8 Å². The fourth-order valence-corrected chi connectivity index (χ4v) is 3.57. The van der Waals surface area contributed by atoms with Gasteiger partial charge in [-0.25, -0.2) is 4.98 Å². The van der Waals surface area contributed by atoms with Crippen LogP contribution < -0.4 is 10.6 Å². The highest BCUT2D eigenvalue weighted by Gasteiger charge is 2.00. The Bertz CT molecular complexity index is 633. The van der Waals surface area contributed by atoms with Crippen LogP contribution in [0.2, 0.25) is 5.15 Å². The summed E-state index contributed by atoms with van der Waals surface area (Å²) in [5.74, 6) is 0.852. The van der Waals surface area contributed by atoms with E-state index in [1.807, 2.05) is 18.3 Å². The van der Waals surface area contributed by atoms with Crippen LogP contribution in [0.4, 0.5) is 0 Å². The van der Waals surface area contributed by atoms with Gasteiger partial charge in [0.2, 0.25) is 0 Å². The van der Waals surface area contributed by atoms with Crippen molar-refractivity contribution in [1.29, 1.82) is 0 Å². The van der Waals surface area contributed by atoms with Crippen molar-refractivity contribution in [2.45, 2.75) is 19.8 Å². The van der Waals surface area contributed by atoms with Crippen LogP contribution in [0, 0.1) is 0 Å². The molecule has 0 aliphatic heterocycles. The second-order valence-corrected chi connectivity index (χ2v) is 7.82. The lowest BCUT2D eigenvalue weighted by Crippen LogP contribution is -2.38. The third-order valence-corrected chi connectivity index (χ3v) is 5.00. The number of aliphatic imine (C=N–C) groups is 1. The molecule has 2 heterocycles. The van der Waals surface area contributed by atoms with Crippen molar-refractivity contribution >= 4 is 68.8 Å². The first-order valence-corrected chi connectivity index (χ1v) is 9.53. The lowest BCUT2D eigenvalue weighted by molar-refractivity contribution is 0.796. The predicted octanol–water partition coefficient (Wildman–Crippen LogP) is 4.52. The van der Waals surface area contributed by atoms with E-state index in [2.05, 4.69) is 55.6 Å². The van der Waals surface area contributed by atoms with Crippen molar-refractivity contribution in [3.8, 4) is 0 Å². The molecule has 0 radical (unpaired) electrons. The molecule has 0 aliphatic rings. The van der Waals surface area contributed by atoms with Gasteiger partial charge in [-0.05, 0) is 53.0 Å². The maximum absolute atomic E-state index is 5.79. The third-order valence-electron chi connectivity index (χ3n) is 3.10. The number of hydrogen-bond acceptors (Lipinski definition) is 3. The molecule has 2 aromatic rings. The lowest BCUT2D eigenvalue weighted by atomic mass is 10.2.